The second-order valence-electron chi connectivity index (χ2n) is 5.03. The standard InChI is InChI=1S/C16H15ClN2O/c17-13-7-3-4-8-14(13)19-16(15(18)20)10-9-11-5-1-2-6-12(11)16/h1-8,19H,9-10H2,(H2,18,20). The van der Waals surface area contributed by atoms with Gasteiger partial charge in [0.15, 0.2) is 0 Å². The second-order valence-corrected chi connectivity index (χ2v) is 5.44. The van der Waals surface area contributed by atoms with Crippen LogP contribution in [-0.2, 0) is 16.8 Å². The van der Waals surface area contributed by atoms with E-state index in [1.54, 1.807) is 6.07 Å². The Morgan fingerprint density at radius 2 is 1.85 bits per heavy atom. The van der Waals surface area contributed by atoms with Gasteiger partial charge in [-0.15, -0.1) is 0 Å². The highest BCUT2D eigenvalue weighted by Crippen LogP contribution is 2.40. The fourth-order valence-corrected chi connectivity index (χ4v) is 3.03. The summed E-state index contributed by atoms with van der Waals surface area (Å²) >= 11 is 6.18. The first-order chi connectivity index (χ1) is 9.63. The van der Waals surface area contributed by atoms with E-state index in [0.717, 1.165) is 23.2 Å². The molecule has 0 saturated carbocycles. The number of primary amides is 1. The molecule has 4 heteroatoms. The van der Waals surface area contributed by atoms with Gasteiger partial charge in [-0.05, 0) is 36.1 Å². The molecule has 102 valence electrons. The van der Waals surface area contributed by atoms with Gasteiger partial charge in [-0.25, -0.2) is 0 Å². The van der Waals surface area contributed by atoms with Crippen molar-refractivity contribution >= 4 is 23.2 Å². The number of aryl methyl sites for hydroxylation is 1. The number of amides is 1. The molecule has 3 N–H and O–H groups in total. The molecule has 0 aliphatic heterocycles. The van der Waals surface area contributed by atoms with Crippen molar-refractivity contribution in [1.82, 2.24) is 0 Å². The van der Waals surface area contributed by atoms with Gasteiger partial charge in [0.25, 0.3) is 0 Å². The number of hydrogen-bond acceptors (Lipinski definition) is 2. The zero-order valence-corrected chi connectivity index (χ0v) is 11.7. The number of carbonyl (C=O) groups is 1. The molecule has 0 radical (unpaired) electrons. The van der Waals surface area contributed by atoms with Gasteiger partial charge in [0.2, 0.25) is 5.91 Å². The van der Waals surface area contributed by atoms with Gasteiger partial charge in [0.05, 0.1) is 10.7 Å². The van der Waals surface area contributed by atoms with Gasteiger partial charge >= 0.3 is 0 Å². The number of benzene rings is 2. The van der Waals surface area contributed by atoms with Crippen LogP contribution < -0.4 is 11.1 Å². The van der Waals surface area contributed by atoms with Crippen molar-refractivity contribution in [3.8, 4) is 0 Å². The number of anilines is 1. The summed E-state index contributed by atoms with van der Waals surface area (Å²) in [4.78, 5) is 12.1. The molecular weight excluding hydrogens is 272 g/mol. The van der Waals surface area contributed by atoms with Gasteiger partial charge in [0, 0.05) is 0 Å². The number of para-hydroxylation sites is 1. The summed E-state index contributed by atoms with van der Waals surface area (Å²) in [5.74, 6) is -0.373. The number of carbonyl (C=O) groups excluding carboxylic acids is 1. The lowest BCUT2D eigenvalue weighted by Crippen LogP contribution is -2.46. The third-order valence-corrected chi connectivity index (χ3v) is 4.22. The molecule has 1 amide bonds. The topological polar surface area (TPSA) is 55.1 Å². The van der Waals surface area contributed by atoms with Gasteiger partial charge in [-0.2, -0.15) is 0 Å². The minimum Gasteiger partial charge on any atom is -0.367 e. The quantitative estimate of drug-likeness (QED) is 0.911. The molecule has 1 atom stereocenters. The van der Waals surface area contributed by atoms with E-state index in [9.17, 15) is 4.79 Å². The van der Waals surface area contributed by atoms with Gasteiger partial charge in [-0.1, -0.05) is 48.0 Å². The summed E-state index contributed by atoms with van der Waals surface area (Å²) in [7, 11) is 0. The van der Waals surface area contributed by atoms with Gasteiger partial charge in [0.1, 0.15) is 5.54 Å². The van der Waals surface area contributed by atoms with E-state index < -0.39 is 5.54 Å². The SMILES string of the molecule is NC(=O)C1(Nc2ccccc2Cl)CCc2ccccc21. The van der Waals surface area contributed by atoms with E-state index in [2.05, 4.69) is 5.32 Å². The predicted molar refractivity (Wildman–Crippen MR) is 80.7 cm³/mol. The van der Waals surface area contributed by atoms with E-state index in [4.69, 9.17) is 17.3 Å². The lowest BCUT2D eigenvalue weighted by molar-refractivity contribution is -0.122. The summed E-state index contributed by atoms with van der Waals surface area (Å²) in [6, 6.07) is 15.3. The monoisotopic (exact) mass is 286 g/mol. The van der Waals surface area contributed by atoms with Gasteiger partial charge < -0.3 is 11.1 Å². The van der Waals surface area contributed by atoms with Crippen molar-refractivity contribution in [2.24, 2.45) is 5.73 Å². The number of nitrogens with two attached hydrogens (primary N) is 1. The van der Waals surface area contributed by atoms with Crippen LogP contribution in [0.15, 0.2) is 48.5 Å². The summed E-state index contributed by atoms with van der Waals surface area (Å²) in [6.45, 7) is 0. The summed E-state index contributed by atoms with van der Waals surface area (Å²) < 4.78 is 0. The van der Waals surface area contributed by atoms with Crippen molar-refractivity contribution < 1.29 is 4.79 Å². The number of nitrogens with one attached hydrogen (secondary N) is 1. The Bertz CT molecular complexity index is 671. The van der Waals surface area contributed by atoms with Crippen LogP contribution >= 0.6 is 11.6 Å². The average molecular weight is 287 g/mol. The number of fused-ring (bicyclic) bond motifs is 1. The fraction of sp³-hybridized carbons (Fsp3) is 0.188. The minimum atomic E-state index is -0.873. The molecule has 0 heterocycles. The summed E-state index contributed by atoms with van der Waals surface area (Å²) in [5.41, 5.74) is 7.66. The average Bonchev–Trinajstić information content (AvgIpc) is 2.82. The second kappa shape index (κ2) is 4.84. The van der Waals surface area contributed by atoms with Crippen molar-refractivity contribution in [3.63, 3.8) is 0 Å². The Kier molecular flexibility index (Phi) is 3.14. The van der Waals surface area contributed by atoms with Crippen LogP contribution in [0.4, 0.5) is 5.69 Å². The molecule has 0 spiro atoms. The third-order valence-electron chi connectivity index (χ3n) is 3.89. The lowest BCUT2D eigenvalue weighted by Gasteiger charge is -2.30. The first kappa shape index (κ1) is 13.0. The maximum atomic E-state index is 12.1. The highest BCUT2D eigenvalue weighted by Gasteiger charge is 2.44. The fourth-order valence-electron chi connectivity index (χ4n) is 2.85. The van der Waals surface area contributed by atoms with Crippen molar-refractivity contribution in [2.45, 2.75) is 18.4 Å². The highest BCUT2D eigenvalue weighted by atomic mass is 35.5. The molecule has 3 nitrogen and oxygen atoms in total. The molecule has 0 bridgehead atoms. The molecule has 0 fully saturated rings. The summed E-state index contributed by atoms with van der Waals surface area (Å²) in [5, 5.41) is 3.85. The zero-order valence-electron chi connectivity index (χ0n) is 10.9. The number of hydrogen-bond donors (Lipinski definition) is 2. The maximum absolute atomic E-state index is 12.1. The predicted octanol–water partition coefficient (Wildman–Crippen LogP) is 3.08. The van der Waals surface area contributed by atoms with Crippen LogP contribution in [-0.4, -0.2) is 5.91 Å². The molecule has 20 heavy (non-hydrogen) atoms. The molecule has 3 rings (SSSR count). The maximum Gasteiger partial charge on any atom is 0.247 e. The van der Waals surface area contributed by atoms with Crippen LogP contribution in [0, 0.1) is 0 Å². The normalized spacial score (nSPS) is 20.4. The zero-order chi connectivity index (χ0) is 14.2. The van der Waals surface area contributed by atoms with E-state index in [-0.39, 0.29) is 5.91 Å². The lowest BCUT2D eigenvalue weighted by atomic mass is 9.90. The first-order valence-corrected chi connectivity index (χ1v) is 6.92. The number of rotatable bonds is 3. The molecule has 1 unspecified atom stereocenters. The van der Waals surface area contributed by atoms with Crippen molar-refractivity contribution in [3.05, 3.63) is 64.7 Å². The van der Waals surface area contributed by atoms with E-state index in [1.807, 2.05) is 42.5 Å². The van der Waals surface area contributed by atoms with Crippen LogP contribution in [0.3, 0.4) is 0 Å². The molecular formula is C16H15ClN2O. The van der Waals surface area contributed by atoms with Crippen molar-refractivity contribution in [2.75, 3.05) is 5.32 Å². The molecule has 1 aliphatic rings. The first-order valence-electron chi connectivity index (χ1n) is 6.54. The number of halogens is 1. The minimum absolute atomic E-state index is 0.373. The van der Waals surface area contributed by atoms with Crippen molar-refractivity contribution in [1.29, 1.82) is 0 Å². The van der Waals surface area contributed by atoms with Gasteiger partial charge in [-0.3, -0.25) is 4.79 Å². The highest BCUT2D eigenvalue weighted by molar-refractivity contribution is 6.33. The smallest absolute Gasteiger partial charge is 0.247 e. The third kappa shape index (κ3) is 1.95. The molecule has 0 saturated heterocycles. The Labute approximate surface area is 122 Å². The van der Waals surface area contributed by atoms with Crippen LogP contribution in [0.5, 0.6) is 0 Å². The van der Waals surface area contributed by atoms with E-state index >= 15 is 0 Å². The molecule has 2 aromatic carbocycles. The Morgan fingerprint density at radius 3 is 2.60 bits per heavy atom. The molecule has 1 aliphatic carbocycles. The Balaban J connectivity index is 2.08. The largest absolute Gasteiger partial charge is 0.367 e. The molecule has 2 aromatic rings. The Morgan fingerprint density at radius 1 is 1.15 bits per heavy atom. The van der Waals surface area contributed by atoms with E-state index in [0.29, 0.717) is 11.4 Å². The van der Waals surface area contributed by atoms with E-state index in [1.165, 1.54) is 0 Å². The van der Waals surface area contributed by atoms with Crippen LogP contribution in [0.2, 0.25) is 5.02 Å². The Hall–Kier alpha value is -2.00. The van der Waals surface area contributed by atoms with Crippen LogP contribution in [0.25, 0.3) is 0 Å². The summed E-state index contributed by atoms with van der Waals surface area (Å²) in [6.07, 6.45) is 1.48. The van der Waals surface area contributed by atoms with Crippen LogP contribution in [0.1, 0.15) is 17.5 Å². The molecule has 0 aromatic heterocycles.